The van der Waals surface area contributed by atoms with Gasteiger partial charge in [-0.3, -0.25) is 0 Å². The molecule has 3 rings (SSSR count). The number of benzene rings is 1. The molecule has 0 bridgehead atoms. The van der Waals surface area contributed by atoms with E-state index in [0.29, 0.717) is 0 Å². The summed E-state index contributed by atoms with van der Waals surface area (Å²) in [4.78, 5) is 11.5. The monoisotopic (exact) mass is 224 g/mol. The van der Waals surface area contributed by atoms with E-state index in [9.17, 15) is 0 Å². The summed E-state index contributed by atoms with van der Waals surface area (Å²) in [5.41, 5.74) is 3.10. The van der Waals surface area contributed by atoms with Crippen LogP contribution < -0.4 is 5.32 Å². The molecule has 2 aromatic heterocycles. The highest BCUT2D eigenvalue weighted by molar-refractivity contribution is 5.88. The second-order valence-corrected chi connectivity index (χ2v) is 3.90. The van der Waals surface area contributed by atoms with Gasteiger partial charge in [-0.15, -0.1) is 0 Å². The fourth-order valence-corrected chi connectivity index (χ4v) is 1.81. The number of nitrogens with one attached hydrogen (secondary N) is 2. The average molecular weight is 224 g/mol. The first-order chi connectivity index (χ1) is 8.34. The fraction of sp³-hybridized carbons (Fsp3) is 0.0769. The van der Waals surface area contributed by atoms with Crippen LogP contribution in [-0.4, -0.2) is 15.0 Å². The topological polar surface area (TPSA) is 53.6 Å². The van der Waals surface area contributed by atoms with Crippen molar-refractivity contribution in [2.75, 3.05) is 5.32 Å². The number of rotatable bonds is 2. The number of anilines is 2. The maximum Gasteiger partial charge on any atom is 0.143 e. The van der Waals surface area contributed by atoms with Gasteiger partial charge in [0.15, 0.2) is 0 Å². The highest BCUT2D eigenvalue weighted by atomic mass is 15.0. The number of nitrogens with zero attached hydrogens (tertiary/aromatic N) is 2. The zero-order valence-electron chi connectivity index (χ0n) is 9.44. The predicted octanol–water partition coefficient (Wildman–Crippen LogP) is 3.01. The van der Waals surface area contributed by atoms with E-state index >= 15 is 0 Å². The number of aromatic nitrogens is 3. The normalized spacial score (nSPS) is 10.6. The molecule has 0 unspecified atom stereocenters. The van der Waals surface area contributed by atoms with Crippen LogP contribution in [0.3, 0.4) is 0 Å². The van der Waals surface area contributed by atoms with Gasteiger partial charge < -0.3 is 10.3 Å². The third-order valence-electron chi connectivity index (χ3n) is 2.75. The Morgan fingerprint density at radius 1 is 1.12 bits per heavy atom. The van der Waals surface area contributed by atoms with E-state index in [-0.39, 0.29) is 0 Å². The lowest BCUT2D eigenvalue weighted by molar-refractivity contribution is 1.20. The van der Waals surface area contributed by atoms with Crippen molar-refractivity contribution in [1.29, 1.82) is 0 Å². The molecule has 2 heterocycles. The number of fused-ring (bicyclic) bond motifs is 1. The van der Waals surface area contributed by atoms with Crippen LogP contribution in [0.5, 0.6) is 0 Å². The first-order valence-electron chi connectivity index (χ1n) is 5.45. The van der Waals surface area contributed by atoms with Crippen LogP contribution in [-0.2, 0) is 0 Å². The van der Waals surface area contributed by atoms with E-state index in [1.807, 2.05) is 30.5 Å². The largest absolute Gasteiger partial charge is 0.346 e. The molecule has 0 saturated carbocycles. The summed E-state index contributed by atoms with van der Waals surface area (Å²) in [6, 6.07) is 10.1. The van der Waals surface area contributed by atoms with Gasteiger partial charge in [0.1, 0.15) is 17.8 Å². The van der Waals surface area contributed by atoms with Gasteiger partial charge in [0.25, 0.3) is 0 Å². The van der Waals surface area contributed by atoms with E-state index in [1.54, 1.807) is 6.33 Å². The van der Waals surface area contributed by atoms with Gasteiger partial charge in [-0.2, -0.15) is 0 Å². The number of para-hydroxylation sites is 1. The summed E-state index contributed by atoms with van der Waals surface area (Å²) < 4.78 is 0. The highest BCUT2D eigenvalue weighted by Crippen LogP contribution is 2.23. The molecule has 0 aliphatic heterocycles. The van der Waals surface area contributed by atoms with Crippen LogP contribution in [0.15, 0.2) is 42.9 Å². The standard InChI is InChI=1S/C13H12N4/c1-9-4-2-3-5-11(9)17-13-10-6-7-14-12(10)15-8-16-13/h2-8H,1H3,(H2,14,15,16,17). The Morgan fingerprint density at radius 2 is 2.00 bits per heavy atom. The Hall–Kier alpha value is -2.36. The molecular weight excluding hydrogens is 212 g/mol. The molecule has 2 N–H and O–H groups in total. The van der Waals surface area contributed by atoms with Crippen molar-refractivity contribution in [2.24, 2.45) is 0 Å². The number of aryl methyl sites for hydroxylation is 1. The minimum Gasteiger partial charge on any atom is -0.346 e. The van der Waals surface area contributed by atoms with E-state index < -0.39 is 0 Å². The van der Waals surface area contributed by atoms with Crippen LogP contribution in [0.4, 0.5) is 11.5 Å². The number of aromatic amines is 1. The molecule has 17 heavy (non-hydrogen) atoms. The minimum absolute atomic E-state index is 0.825. The fourth-order valence-electron chi connectivity index (χ4n) is 1.81. The summed E-state index contributed by atoms with van der Waals surface area (Å²) in [5.74, 6) is 0.825. The lowest BCUT2D eigenvalue weighted by atomic mass is 10.2. The Kier molecular flexibility index (Phi) is 2.26. The molecule has 0 saturated heterocycles. The first kappa shape index (κ1) is 9.84. The second kappa shape index (κ2) is 3.90. The van der Waals surface area contributed by atoms with Crippen molar-refractivity contribution < 1.29 is 0 Å². The Morgan fingerprint density at radius 3 is 2.88 bits per heavy atom. The lowest BCUT2D eigenvalue weighted by Gasteiger charge is -2.08. The van der Waals surface area contributed by atoms with Gasteiger partial charge in [-0.25, -0.2) is 9.97 Å². The SMILES string of the molecule is Cc1ccccc1Nc1ncnc2[nH]ccc12. The summed E-state index contributed by atoms with van der Waals surface area (Å²) >= 11 is 0. The quantitative estimate of drug-likeness (QED) is 0.703. The zero-order chi connectivity index (χ0) is 11.7. The van der Waals surface area contributed by atoms with Crippen LogP contribution in [0, 0.1) is 6.92 Å². The molecule has 0 amide bonds. The Bertz CT molecular complexity index is 657. The van der Waals surface area contributed by atoms with Crippen molar-refractivity contribution in [2.45, 2.75) is 6.92 Å². The van der Waals surface area contributed by atoms with E-state index in [2.05, 4.69) is 33.3 Å². The van der Waals surface area contributed by atoms with Gasteiger partial charge in [0, 0.05) is 11.9 Å². The Labute approximate surface area is 98.7 Å². The van der Waals surface area contributed by atoms with Gasteiger partial charge in [-0.05, 0) is 24.6 Å². The molecule has 4 nitrogen and oxygen atoms in total. The van der Waals surface area contributed by atoms with Crippen LogP contribution >= 0.6 is 0 Å². The summed E-state index contributed by atoms with van der Waals surface area (Å²) in [6.45, 7) is 2.07. The van der Waals surface area contributed by atoms with Crippen molar-refractivity contribution in [1.82, 2.24) is 15.0 Å². The van der Waals surface area contributed by atoms with Crippen molar-refractivity contribution in [3.8, 4) is 0 Å². The minimum atomic E-state index is 0.825. The lowest BCUT2D eigenvalue weighted by Crippen LogP contribution is -1.96. The molecule has 0 fully saturated rings. The van der Waals surface area contributed by atoms with E-state index in [4.69, 9.17) is 0 Å². The number of hydrogen-bond donors (Lipinski definition) is 2. The highest BCUT2D eigenvalue weighted by Gasteiger charge is 2.05. The van der Waals surface area contributed by atoms with Crippen molar-refractivity contribution in [3.63, 3.8) is 0 Å². The molecular formula is C13H12N4. The summed E-state index contributed by atoms with van der Waals surface area (Å²) in [6.07, 6.45) is 3.42. The molecule has 0 aliphatic carbocycles. The molecule has 0 radical (unpaired) electrons. The molecule has 0 atom stereocenters. The van der Waals surface area contributed by atoms with Gasteiger partial charge in [0.05, 0.1) is 5.39 Å². The van der Waals surface area contributed by atoms with Crippen LogP contribution in [0.2, 0.25) is 0 Å². The summed E-state index contributed by atoms with van der Waals surface area (Å²) in [5, 5.41) is 4.33. The maximum absolute atomic E-state index is 4.27. The van der Waals surface area contributed by atoms with Gasteiger partial charge in [0.2, 0.25) is 0 Å². The van der Waals surface area contributed by atoms with Crippen LogP contribution in [0.25, 0.3) is 11.0 Å². The third-order valence-corrected chi connectivity index (χ3v) is 2.75. The Balaban J connectivity index is 2.06. The second-order valence-electron chi connectivity index (χ2n) is 3.90. The molecule has 0 aliphatic rings. The number of hydrogen-bond acceptors (Lipinski definition) is 3. The molecule has 1 aromatic carbocycles. The van der Waals surface area contributed by atoms with Gasteiger partial charge >= 0.3 is 0 Å². The zero-order valence-corrected chi connectivity index (χ0v) is 9.44. The number of H-pyrrole nitrogens is 1. The van der Waals surface area contributed by atoms with Crippen LogP contribution in [0.1, 0.15) is 5.56 Å². The molecule has 4 heteroatoms. The van der Waals surface area contributed by atoms with Crippen molar-refractivity contribution >= 4 is 22.5 Å². The van der Waals surface area contributed by atoms with E-state index in [1.165, 1.54) is 5.56 Å². The predicted molar refractivity (Wildman–Crippen MR) is 68.4 cm³/mol. The first-order valence-corrected chi connectivity index (χ1v) is 5.45. The smallest absolute Gasteiger partial charge is 0.143 e. The summed E-state index contributed by atoms with van der Waals surface area (Å²) in [7, 11) is 0. The van der Waals surface area contributed by atoms with E-state index in [0.717, 1.165) is 22.5 Å². The molecule has 0 spiro atoms. The third kappa shape index (κ3) is 1.73. The maximum atomic E-state index is 4.27. The van der Waals surface area contributed by atoms with Crippen molar-refractivity contribution in [3.05, 3.63) is 48.4 Å². The molecule has 84 valence electrons. The van der Waals surface area contributed by atoms with Gasteiger partial charge in [-0.1, -0.05) is 18.2 Å². The average Bonchev–Trinajstić information content (AvgIpc) is 2.81. The molecule has 3 aromatic rings.